The Bertz CT molecular complexity index is 1370. The molecule has 1 aliphatic rings. The van der Waals surface area contributed by atoms with Gasteiger partial charge in [0, 0.05) is 10.6 Å². The summed E-state index contributed by atoms with van der Waals surface area (Å²) in [5, 5.41) is 8.50. The number of aromatic nitrogens is 4. The van der Waals surface area contributed by atoms with E-state index in [1.165, 1.54) is 38.7 Å². The van der Waals surface area contributed by atoms with Crippen LogP contribution in [0.25, 0.3) is 15.9 Å². The lowest BCUT2D eigenvalue weighted by Crippen LogP contribution is -2.28. The highest BCUT2D eigenvalue weighted by molar-refractivity contribution is 7.19. The molecule has 4 aromatic rings. The van der Waals surface area contributed by atoms with Gasteiger partial charge in [0.2, 0.25) is 5.91 Å². The molecule has 1 amide bonds. The van der Waals surface area contributed by atoms with Gasteiger partial charge < -0.3 is 5.32 Å². The van der Waals surface area contributed by atoms with Gasteiger partial charge in [-0.15, -0.1) is 16.4 Å². The van der Waals surface area contributed by atoms with Crippen LogP contribution >= 0.6 is 11.3 Å². The van der Waals surface area contributed by atoms with Gasteiger partial charge in [-0.3, -0.25) is 4.79 Å². The van der Waals surface area contributed by atoms with Crippen LogP contribution in [-0.2, 0) is 24.2 Å². The number of carbonyl (C=O) groups excluding carboxylic acids is 1. The molecule has 0 aliphatic heterocycles. The molecule has 0 spiro atoms. The Labute approximate surface area is 183 Å². The first-order valence-corrected chi connectivity index (χ1v) is 11.5. The molecule has 8 heteroatoms. The van der Waals surface area contributed by atoms with Crippen LogP contribution in [0.2, 0.25) is 0 Å². The third kappa shape index (κ3) is 3.44. The maximum absolute atomic E-state index is 12.9. The summed E-state index contributed by atoms with van der Waals surface area (Å²) in [5.74, 6) is -0.270. The molecule has 5 rings (SSSR count). The minimum Gasteiger partial charge on any atom is -0.324 e. The smallest absolute Gasteiger partial charge is 0.324 e. The number of rotatable bonds is 3. The number of nitrogens with one attached hydrogen (secondary N) is 1. The van der Waals surface area contributed by atoms with Crippen molar-refractivity contribution >= 4 is 38.8 Å². The minimum absolute atomic E-state index is 0.138. The molecule has 0 unspecified atom stereocenters. The third-order valence-electron chi connectivity index (χ3n) is 6.02. The molecule has 1 N–H and O–H groups in total. The van der Waals surface area contributed by atoms with E-state index in [9.17, 15) is 9.59 Å². The fourth-order valence-corrected chi connectivity index (χ4v) is 5.87. The van der Waals surface area contributed by atoms with Crippen molar-refractivity contribution in [3.63, 3.8) is 0 Å². The van der Waals surface area contributed by atoms with E-state index in [1.807, 2.05) is 32.9 Å². The maximum atomic E-state index is 12.9. The van der Waals surface area contributed by atoms with E-state index in [4.69, 9.17) is 0 Å². The highest BCUT2D eigenvalue weighted by atomic mass is 32.1. The number of amides is 1. The normalized spacial score (nSPS) is 14.0. The van der Waals surface area contributed by atoms with Crippen LogP contribution in [0.1, 0.15) is 46.4 Å². The number of thiophene rings is 1. The Hall–Kier alpha value is -3.00. The molecule has 0 radical (unpaired) electrons. The van der Waals surface area contributed by atoms with Crippen LogP contribution in [0.5, 0.6) is 0 Å². The second-order valence-corrected chi connectivity index (χ2v) is 9.53. The predicted octanol–water partition coefficient (Wildman–Crippen LogP) is 3.94. The molecule has 0 saturated heterocycles. The lowest BCUT2D eigenvalue weighted by Gasteiger charge is -2.12. The highest BCUT2D eigenvalue weighted by Crippen LogP contribution is 2.36. The average Bonchev–Trinajstić information content (AvgIpc) is 3.12. The molecule has 0 bridgehead atoms. The van der Waals surface area contributed by atoms with Gasteiger partial charge in [-0.1, -0.05) is 24.1 Å². The Morgan fingerprint density at radius 1 is 1.13 bits per heavy atom. The second kappa shape index (κ2) is 7.60. The van der Waals surface area contributed by atoms with Crippen molar-refractivity contribution in [1.82, 2.24) is 19.2 Å². The SMILES string of the molecule is Cc1cc(C)c(NC(=O)Cn2nc3c4c5c(sc4ncn3c2=O)CCCCC5)c(C)c1. The summed E-state index contributed by atoms with van der Waals surface area (Å²) < 4.78 is 2.71. The number of nitrogens with zero attached hydrogens (tertiary/aromatic N) is 4. The van der Waals surface area contributed by atoms with Gasteiger partial charge in [-0.25, -0.2) is 18.9 Å². The fraction of sp³-hybridized carbons (Fsp3) is 0.391. The van der Waals surface area contributed by atoms with E-state index >= 15 is 0 Å². The molecule has 160 valence electrons. The van der Waals surface area contributed by atoms with Gasteiger partial charge in [0.25, 0.3) is 0 Å². The second-order valence-electron chi connectivity index (χ2n) is 8.44. The zero-order chi connectivity index (χ0) is 21.7. The zero-order valence-electron chi connectivity index (χ0n) is 18.0. The molecular formula is C23H25N5O2S. The van der Waals surface area contributed by atoms with E-state index in [-0.39, 0.29) is 18.1 Å². The molecule has 0 atom stereocenters. The predicted molar refractivity (Wildman–Crippen MR) is 123 cm³/mol. The number of benzene rings is 1. The van der Waals surface area contributed by atoms with Crippen molar-refractivity contribution in [1.29, 1.82) is 0 Å². The average molecular weight is 436 g/mol. The van der Waals surface area contributed by atoms with Gasteiger partial charge in [0.15, 0.2) is 5.65 Å². The lowest BCUT2D eigenvalue weighted by atomic mass is 10.1. The summed E-state index contributed by atoms with van der Waals surface area (Å²) in [6.45, 7) is 5.83. The third-order valence-corrected chi connectivity index (χ3v) is 7.22. The Morgan fingerprint density at radius 3 is 2.65 bits per heavy atom. The molecule has 1 aliphatic carbocycles. The monoisotopic (exact) mass is 435 g/mol. The quantitative estimate of drug-likeness (QED) is 0.494. The standard InChI is InChI=1S/C23H25N5O2S/c1-13-9-14(2)20(15(3)10-13)25-18(29)11-28-23(30)27-12-24-22-19(21(27)26-28)16-7-5-4-6-8-17(16)31-22/h9-10,12H,4-8,11H2,1-3H3,(H,25,29). The van der Waals surface area contributed by atoms with E-state index in [1.54, 1.807) is 11.3 Å². The molecule has 0 saturated carbocycles. The summed E-state index contributed by atoms with van der Waals surface area (Å²) in [4.78, 5) is 32.5. The van der Waals surface area contributed by atoms with Crippen molar-refractivity contribution < 1.29 is 4.79 Å². The Balaban J connectivity index is 1.52. The molecule has 3 aromatic heterocycles. The van der Waals surface area contributed by atoms with E-state index in [0.29, 0.717) is 5.65 Å². The van der Waals surface area contributed by atoms with Crippen LogP contribution in [0.4, 0.5) is 5.69 Å². The highest BCUT2D eigenvalue weighted by Gasteiger charge is 2.21. The summed E-state index contributed by atoms with van der Waals surface area (Å²) >= 11 is 1.71. The van der Waals surface area contributed by atoms with Crippen LogP contribution in [0.15, 0.2) is 23.3 Å². The number of hydrogen-bond acceptors (Lipinski definition) is 5. The molecule has 31 heavy (non-hydrogen) atoms. The van der Waals surface area contributed by atoms with Crippen molar-refractivity contribution in [2.75, 3.05) is 5.32 Å². The van der Waals surface area contributed by atoms with E-state index in [0.717, 1.165) is 51.9 Å². The molecular weight excluding hydrogens is 410 g/mol. The van der Waals surface area contributed by atoms with E-state index < -0.39 is 0 Å². The van der Waals surface area contributed by atoms with Crippen LogP contribution in [0, 0.1) is 20.8 Å². The summed E-state index contributed by atoms with van der Waals surface area (Å²) in [6, 6.07) is 4.06. The number of fused-ring (bicyclic) bond motifs is 5. The summed E-state index contributed by atoms with van der Waals surface area (Å²) in [5.41, 5.74) is 5.48. The number of hydrogen-bond donors (Lipinski definition) is 1. The molecule has 0 fully saturated rings. The van der Waals surface area contributed by atoms with Crippen LogP contribution in [0.3, 0.4) is 0 Å². The Morgan fingerprint density at radius 2 is 1.87 bits per heavy atom. The maximum Gasteiger partial charge on any atom is 0.352 e. The first-order valence-electron chi connectivity index (χ1n) is 10.7. The summed E-state index contributed by atoms with van der Waals surface area (Å²) in [7, 11) is 0. The first kappa shape index (κ1) is 19.9. The van der Waals surface area contributed by atoms with Gasteiger partial charge >= 0.3 is 5.69 Å². The van der Waals surface area contributed by atoms with Crippen LogP contribution in [-0.4, -0.2) is 25.1 Å². The minimum atomic E-state index is -0.342. The number of aryl methyl sites for hydroxylation is 5. The zero-order valence-corrected chi connectivity index (χ0v) is 18.8. The van der Waals surface area contributed by atoms with Crippen molar-refractivity contribution in [2.24, 2.45) is 0 Å². The number of anilines is 1. The Kier molecular flexibility index (Phi) is 4.89. The van der Waals surface area contributed by atoms with E-state index in [2.05, 4.69) is 15.4 Å². The number of carbonyl (C=O) groups is 1. The first-order chi connectivity index (χ1) is 14.9. The lowest BCUT2D eigenvalue weighted by molar-refractivity contribution is -0.117. The fourth-order valence-electron chi connectivity index (χ4n) is 4.65. The van der Waals surface area contributed by atoms with Crippen molar-refractivity contribution in [3.8, 4) is 0 Å². The van der Waals surface area contributed by atoms with Gasteiger partial charge in [-0.05, 0) is 63.1 Å². The molecule has 7 nitrogen and oxygen atoms in total. The van der Waals surface area contributed by atoms with Crippen LogP contribution < -0.4 is 11.0 Å². The van der Waals surface area contributed by atoms with Gasteiger partial charge in [-0.2, -0.15) is 0 Å². The molecule has 3 heterocycles. The van der Waals surface area contributed by atoms with Gasteiger partial charge in [0.1, 0.15) is 17.7 Å². The largest absolute Gasteiger partial charge is 0.352 e. The topological polar surface area (TPSA) is 81.3 Å². The van der Waals surface area contributed by atoms with Gasteiger partial charge in [0.05, 0.1) is 5.39 Å². The van der Waals surface area contributed by atoms with Crippen molar-refractivity contribution in [3.05, 3.63) is 56.1 Å². The van der Waals surface area contributed by atoms with Crippen molar-refractivity contribution in [2.45, 2.75) is 59.4 Å². The molecule has 1 aromatic carbocycles. The summed E-state index contributed by atoms with van der Waals surface area (Å²) in [6.07, 6.45) is 7.14.